The number of nitrogens with two attached hydrogens (primary N) is 2. The Balaban J connectivity index is 6.65. The first-order valence-corrected chi connectivity index (χ1v) is 10.7. The van der Waals surface area contributed by atoms with Gasteiger partial charge in [-0.1, -0.05) is 0 Å². The molecule has 0 saturated carbocycles. The van der Waals surface area contributed by atoms with Crippen molar-refractivity contribution in [3.8, 4) is 0 Å². The standard InChI is InChI=1S/C16H8F28N2O4/c17-3(18,1-45)5(21,22)9(29,30)47-13(37,38)15(41,42)49-11(33,34)7(25,26)8(27,28)12(35,36)50-16(43,44)14(39,40)48-10(31,32)6(23,24)4(19,20)2-46/h1-2,45-46H2. The van der Waals surface area contributed by atoms with Crippen LogP contribution >= 0.6 is 0 Å². The molecule has 302 valence electrons. The molecule has 0 aromatic heterocycles. The molecule has 0 rings (SSSR count). The molecule has 50 heavy (non-hydrogen) atoms. The number of ether oxygens (including phenoxy) is 4. The molecule has 6 nitrogen and oxygen atoms in total. The van der Waals surface area contributed by atoms with Crippen molar-refractivity contribution in [1.29, 1.82) is 0 Å². The summed E-state index contributed by atoms with van der Waals surface area (Å²) >= 11 is 0. The fourth-order valence-corrected chi connectivity index (χ4v) is 2.19. The van der Waals surface area contributed by atoms with Crippen LogP contribution in [0.1, 0.15) is 0 Å². The molecule has 0 heterocycles. The Kier molecular flexibility index (Phi) is 12.2. The van der Waals surface area contributed by atoms with Gasteiger partial charge >= 0.3 is 84.4 Å². The summed E-state index contributed by atoms with van der Waals surface area (Å²) in [6.07, 6.45) is -66.0. The Bertz CT molecular complexity index is 1100. The fourth-order valence-electron chi connectivity index (χ4n) is 2.19. The minimum Gasteiger partial charge on any atom is -0.325 e. The van der Waals surface area contributed by atoms with E-state index < -0.39 is 97.5 Å². The smallest absolute Gasteiger partial charge is 0.325 e. The van der Waals surface area contributed by atoms with Crippen molar-refractivity contribution in [3.05, 3.63) is 0 Å². The Labute approximate surface area is 252 Å². The Morgan fingerprint density at radius 1 is 0.240 bits per heavy atom. The zero-order valence-corrected chi connectivity index (χ0v) is 21.8. The highest BCUT2D eigenvalue weighted by Crippen LogP contribution is 2.59. The van der Waals surface area contributed by atoms with Crippen LogP contribution in [0.4, 0.5) is 123 Å². The van der Waals surface area contributed by atoms with Crippen LogP contribution in [-0.2, 0) is 18.9 Å². The van der Waals surface area contributed by atoms with Crippen molar-refractivity contribution in [2.75, 3.05) is 13.1 Å². The van der Waals surface area contributed by atoms with Gasteiger partial charge in [0.2, 0.25) is 0 Å². The molecule has 0 saturated heterocycles. The predicted molar refractivity (Wildman–Crippen MR) is 91.7 cm³/mol. The van der Waals surface area contributed by atoms with E-state index in [1.807, 2.05) is 0 Å². The van der Waals surface area contributed by atoms with Crippen LogP contribution in [0.25, 0.3) is 0 Å². The predicted octanol–water partition coefficient (Wildman–Crippen LogP) is 7.52. The monoisotopic (exact) mass is 824 g/mol. The van der Waals surface area contributed by atoms with Crippen molar-refractivity contribution < 1.29 is 142 Å². The van der Waals surface area contributed by atoms with Crippen LogP contribution < -0.4 is 11.5 Å². The third kappa shape index (κ3) is 7.77. The van der Waals surface area contributed by atoms with E-state index >= 15 is 0 Å². The normalized spacial score (nSPS) is 16.7. The van der Waals surface area contributed by atoms with Crippen LogP contribution in [0, 0.1) is 0 Å². The third-order valence-corrected chi connectivity index (χ3v) is 4.99. The zero-order chi connectivity index (χ0) is 41.2. The maximum atomic E-state index is 13.6. The summed E-state index contributed by atoms with van der Waals surface area (Å²) in [7, 11) is 0. The minimum atomic E-state index is -9.01. The van der Waals surface area contributed by atoms with Crippen molar-refractivity contribution in [2.45, 2.75) is 84.4 Å². The average molecular weight is 824 g/mol. The zero-order valence-electron chi connectivity index (χ0n) is 21.8. The number of hydrogen-bond acceptors (Lipinski definition) is 6. The lowest BCUT2D eigenvalue weighted by atomic mass is 10.1. The van der Waals surface area contributed by atoms with Gasteiger partial charge < -0.3 is 11.5 Å². The van der Waals surface area contributed by atoms with Crippen LogP contribution in [0.5, 0.6) is 0 Å². The van der Waals surface area contributed by atoms with Gasteiger partial charge in [-0.15, -0.1) is 0 Å². The molecule has 0 aliphatic carbocycles. The third-order valence-electron chi connectivity index (χ3n) is 4.99. The topological polar surface area (TPSA) is 89.0 Å². The highest BCUT2D eigenvalue weighted by Gasteiger charge is 2.88. The minimum absolute atomic E-state index is 0.975. The van der Waals surface area contributed by atoms with Gasteiger partial charge in [-0.25, -0.2) is 18.9 Å². The molecule has 0 radical (unpaired) electrons. The first-order chi connectivity index (χ1) is 21.2. The Hall–Kier alpha value is -2.20. The molecule has 0 unspecified atom stereocenters. The lowest BCUT2D eigenvalue weighted by molar-refractivity contribution is -0.571. The van der Waals surface area contributed by atoms with Gasteiger partial charge in [0.15, 0.2) is 0 Å². The molecular weight excluding hydrogens is 816 g/mol. The van der Waals surface area contributed by atoms with Crippen LogP contribution in [0.15, 0.2) is 0 Å². The average Bonchev–Trinajstić information content (AvgIpc) is 2.85. The number of hydrogen-bond donors (Lipinski definition) is 2. The van der Waals surface area contributed by atoms with Gasteiger partial charge in [-0.05, 0) is 0 Å². The van der Waals surface area contributed by atoms with E-state index in [1.54, 1.807) is 0 Å². The Morgan fingerprint density at radius 3 is 0.520 bits per heavy atom. The van der Waals surface area contributed by atoms with E-state index in [-0.39, 0.29) is 0 Å². The highest BCUT2D eigenvalue weighted by molar-refractivity contribution is 5.00. The van der Waals surface area contributed by atoms with Crippen molar-refractivity contribution in [1.82, 2.24) is 0 Å². The lowest BCUT2D eigenvalue weighted by Crippen LogP contribution is -2.68. The molecule has 0 aromatic carbocycles. The van der Waals surface area contributed by atoms with Crippen LogP contribution in [0.3, 0.4) is 0 Å². The quantitative estimate of drug-likeness (QED) is 0.131. The van der Waals surface area contributed by atoms with E-state index in [4.69, 9.17) is 0 Å². The summed E-state index contributed by atoms with van der Waals surface area (Å²) in [5.74, 6) is -46.0. The molecule has 0 aliphatic rings. The largest absolute Gasteiger partial charge is 0.453 e. The summed E-state index contributed by atoms with van der Waals surface area (Å²) in [6.45, 7) is -5.99. The van der Waals surface area contributed by atoms with Crippen LogP contribution in [-0.4, -0.2) is 97.5 Å². The van der Waals surface area contributed by atoms with E-state index in [2.05, 4.69) is 11.5 Å². The van der Waals surface area contributed by atoms with Gasteiger partial charge in [0.05, 0.1) is 13.1 Å². The van der Waals surface area contributed by atoms with Crippen LogP contribution in [0.2, 0.25) is 0 Å². The molecule has 34 heteroatoms. The molecule has 4 N–H and O–H groups in total. The second kappa shape index (κ2) is 12.7. The van der Waals surface area contributed by atoms with Crippen molar-refractivity contribution in [2.24, 2.45) is 11.5 Å². The molecule has 0 spiro atoms. The molecule has 0 aliphatic heterocycles. The molecular formula is C16H8F28N2O4. The van der Waals surface area contributed by atoms with Crippen molar-refractivity contribution in [3.63, 3.8) is 0 Å². The SMILES string of the molecule is NCC(F)(F)C(F)(F)C(F)(F)OC(F)(F)C(F)(F)OC(F)(F)C(F)(F)C(F)(F)C(F)(F)OC(F)(F)C(F)(F)OC(F)(F)C(F)(F)C(F)(F)CN. The Morgan fingerprint density at radius 2 is 0.380 bits per heavy atom. The summed E-state index contributed by atoms with van der Waals surface area (Å²) in [6, 6.07) is 0. The summed E-state index contributed by atoms with van der Waals surface area (Å²) < 4.78 is 377. The van der Waals surface area contributed by atoms with Gasteiger partial charge in [0, 0.05) is 0 Å². The molecule has 0 bridgehead atoms. The van der Waals surface area contributed by atoms with E-state index in [9.17, 15) is 123 Å². The molecule has 0 fully saturated rings. The maximum absolute atomic E-state index is 13.6. The second-order valence-corrected chi connectivity index (χ2v) is 8.66. The first kappa shape index (κ1) is 47.8. The number of alkyl halides is 28. The van der Waals surface area contributed by atoms with Gasteiger partial charge in [-0.3, -0.25) is 0 Å². The van der Waals surface area contributed by atoms with E-state index in [0.29, 0.717) is 0 Å². The molecule has 0 atom stereocenters. The van der Waals surface area contributed by atoms with Gasteiger partial charge in [0.25, 0.3) is 0 Å². The summed E-state index contributed by atoms with van der Waals surface area (Å²) in [4.78, 5) is 0. The number of rotatable bonds is 19. The first-order valence-electron chi connectivity index (χ1n) is 10.7. The van der Waals surface area contributed by atoms with E-state index in [1.165, 1.54) is 9.47 Å². The van der Waals surface area contributed by atoms with Gasteiger partial charge in [-0.2, -0.15) is 123 Å². The summed E-state index contributed by atoms with van der Waals surface area (Å²) in [5.41, 5.74) is 7.76. The fraction of sp³-hybridized carbons (Fsp3) is 1.00. The lowest BCUT2D eigenvalue weighted by Gasteiger charge is -2.40. The second-order valence-electron chi connectivity index (χ2n) is 8.66. The molecule has 0 aromatic rings. The van der Waals surface area contributed by atoms with Gasteiger partial charge in [0.1, 0.15) is 0 Å². The maximum Gasteiger partial charge on any atom is 0.453 e. The summed E-state index contributed by atoms with van der Waals surface area (Å²) in [5, 5.41) is 0. The van der Waals surface area contributed by atoms with Crippen molar-refractivity contribution >= 4 is 0 Å². The molecule has 0 amide bonds. The highest BCUT2D eigenvalue weighted by atomic mass is 19.4. The van der Waals surface area contributed by atoms with E-state index in [0.717, 1.165) is 9.47 Å². The number of halogens is 28.